The molecule has 0 fully saturated rings. The van der Waals surface area contributed by atoms with Gasteiger partial charge in [-0.3, -0.25) is 20.0 Å². The Kier molecular flexibility index (Phi) is 10.4. The predicted octanol–water partition coefficient (Wildman–Crippen LogP) is 1.13. The highest BCUT2D eigenvalue weighted by molar-refractivity contribution is 5.95. The minimum Gasteiger partial charge on any atom is -0.326 e. The minimum absolute atomic E-state index is 0. The van der Waals surface area contributed by atoms with E-state index in [0.717, 1.165) is 16.8 Å². The number of nitrogen functional groups attached to an aromatic ring is 1. The fraction of sp³-hybridized carbons (Fsp3) is 0.250. The number of benzene rings is 1. The molecule has 0 bridgehead atoms. The molecule has 0 radical (unpaired) electrons. The molecule has 2 amide bonds. The molecule has 0 aliphatic heterocycles. The van der Waals surface area contributed by atoms with Gasteiger partial charge in [-0.25, -0.2) is 10.8 Å². The molecule has 2 rings (SSSR count). The summed E-state index contributed by atoms with van der Waals surface area (Å²) in [5.41, 5.74) is 10.9. The summed E-state index contributed by atoms with van der Waals surface area (Å²) in [5, 5.41) is 2.57. The summed E-state index contributed by atoms with van der Waals surface area (Å²) in [5.74, 6) is 5.06. The molecule has 1 aromatic carbocycles. The van der Waals surface area contributed by atoms with Crippen molar-refractivity contribution in [2.45, 2.75) is 26.3 Å². The van der Waals surface area contributed by atoms with Gasteiger partial charge in [0, 0.05) is 19.0 Å². The van der Waals surface area contributed by atoms with Crippen LogP contribution in [0.15, 0.2) is 30.6 Å². The summed E-state index contributed by atoms with van der Waals surface area (Å²) in [6.07, 6.45) is 4.42. The molecule has 8 nitrogen and oxygen atoms in total. The second-order valence-electron chi connectivity index (χ2n) is 5.19. The molecule has 10 heteroatoms. The fourth-order valence-electron chi connectivity index (χ4n) is 2.39. The van der Waals surface area contributed by atoms with Crippen molar-refractivity contribution in [3.63, 3.8) is 0 Å². The lowest BCUT2D eigenvalue weighted by Gasteiger charge is -2.12. The van der Waals surface area contributed by atoms with Crippen LogP contribution in [-0.4, -0.2) is 21.8 Å². The van der Waals surface area contributed by atoms with Crippen LogP contribution in [0.4, 0.5) is 5.82 Å². The SMILES string of the molecule is CC(=O)Nc1cnc(CCc2cccc(C(=O)NN)c2CN)cn1.Cl.Cl. The first-order chi connectivity index (χ1) is 11.5. The average Bonchev–Trinajstić information content (AvgIpc) is 2.59. The first kappa shape index (κ1) is 23.7. The lowest BCUT2D eigenvalue weighted by atomic mass is 9.96. The van der Waals surface area contributed by atoms with Gasteiger partial charge in [-0.05, 0) is 30.0 Å². The van der Waals surface area contributed by atoms with Crippen molar-refractivity contribution in [1.29, 1.82) is 0 Å². The Balaban J connectivity index is 0.00000312. The van der Waals surface area contributed by atoms with E-state index in [0.29, 0.717) is 24.2 Å². The summed E-state index contributed by atoms with van der Waals surface area (Å²) in [7, 11) is 0. The van der Waals surface area contributed by atoms with E-state index in [1.54, 1.807) is 18.3 Å². The number of aryl methyl sites for hydroxylation is 2. The largest absolute Gasteiger partial charge is 0.326 e. The van der Waals surface area contributed by atoms with Gasteiger partial charge < -0.3 is 11.1 Å². The number of carbonyl (C=O) groups excluding carboxylic acids is 2. The van der Waals surface area contributed by atoms with Crippen molar-refractivity contribution >= 4 is 42.4 Å². The smallest absolute Gasteiger partial charge is 0.265 e. The van der Waals surface area contributed by atoms with E-state index in [4.69, 9.17) is 11.6 Å². The second kappa shape index (κ2) is 11.4. The quantitative estimate of drug-likeness (QED) is 0.325. The van der Waals surface area contributed by atoms with Crippen LogP contribution < -0.4 is 22.3 Å². The van der Waals surface area contributed by atoms with E-state index in [1.807, 2.05) is 6.07 Å². The van der Waals surface area contributed by atoms with Crippen LogP contribution in [0.5, 0.6) is 0 Å². The number of halogens is 2. The number of hydrazine groups is 1. The number of rotatable bonds is 6. The van der Waals surface area contributed by atoms with Gasteiger partial charge in [-0.1, -0.05) is 12.1 Å². The number of carbonyl (C=O) groups is 2. The van der Waals surface area contributed by atoms with Crippen molar-refractivity contribution in [1.82, 2.24) is 15.4 Å². The molecule has 0 saturated heterocycles. The minimum atomic E-state index is -0.364. The molecular formula is C16H22Cl2N6O2. The molecule has 0 unspecified atom stereocenters. The topological polar surface area (TPSA) is 136 Å². The first-order valence-corrected chi connectivity index (χ1v) is 7.45. The predicted molar refractivity (Wildman–Crippen MR) is 104 cm³/mol. The van der Waals surface area contributed by atoms with Crippen LogP contribution in [-0.2, 0) is 24.2 Å². The lowest BCUT2D eigenvalue weighted by Crippen LogP contribution is -2.31. The number of nitrogens with one attached hydrogen (secondary N) is 2. The summed E-state index contributed by atoms with van der Waals surface area (Å²) < 4.78 is 0. The zero-order valence-electron chi connectivity index (χ0n) is 14.2. The van der Waals surface area contributed by atoms with Crippen molar-refractivity contribution in [2.75, 3.05) is 5.32 Å². The maximum absolute atomic E-state index is 11.8. The van der Waals surface area contributed by atoms with Crippen LogP contribution in [0.25, 0.3) is 0 Å². The van der Waals surface area contributed by atoms with E-state index in [9.17, 15) is 9.59 Å². The molecule has 1 heterocycles. The van der Waals surface area contributed by atoms with Gasteiger partial charge in [0.2, 0.25) is 5.91 Å². The van der Waals surface area contributed by atoms with Gasteiger partial charge in [0.1, 0.15) is 0 Å². The number of hydrogen-bond acceptors (Lipinski definition) is 6. The third-order valence-electron chi connectivity index (χ3n) is 3.51. The Morgan fingerprint density at radius 3 is 2.38 bits per heavy atom. The Bertz CT molecular complexity index is 740. The molecule has 0 atom stereocenters. The summed E-state index contributed by atoms with van der Waals surface area (Å²) in [4.78, 5) is 31.2. The molecule has 0 saturated carbocycles. The van der Waals surface area contributed by atoms with Gasteiger partial charge >= 0.3 is 0 Å². The Hall–Kier alpha value is -2.26. The number of nitrogens with two attached hydrogens (primary N) is 2. The maximum atomic E-state index is 11.8. The first-order valence-electron chi connectivity index (χ1n) is 7.45. The van der Waals surface area contributed by atoms with Crippen LogP contribution in [0.2, 0.25) is 0 Å². The second-order valence-corrected chi connectivity index (χ2v) is 5.19. The molecule has 0 aliphatic carbocycles. The standard InChI is InChI=1S/C16H20N6O2.2ClH/c1-10(23)21-15-9-19-12(8-20-15)6-5-11-3-2-4-13(14(11)7-17)16(24)22-18;;/h2-4,8-9H,5-7,17-18H2,1H3,(H,22,24)(H,20,21,23);2*1H. The summed E-state index contributed by atoms with van der Waals surface area (Å²) in [6.45, 7) is 1.65. The van der Waals surface area contributed by atoms with Gasteiger partial charge in [0.05, 0.1) is 18.1 Å². The van der Waals surface area contributed by atoms with Crippen molar-refractivity contribution in [3.8, 4) is 0 Å². The van der Waals surface area contributed by atoms with Gasteiger partial charge in [0.25, 0.3) is 5.91 Å². The number of nitrogens with zero attached hydrogens (tertiary/aromatic N) is 2. The van der Waals surface area contributed by atoms with Crippen LogP contribution in [0, 0.1) is 0 Å². The van der Waals surface area contributed by atoms with Crippen LogP contribution in [0.3, 0.4) is 0 Å². The van der Waals surface area contributed by atoms with Crippen LogP contribution in [0.1, 0.15) is 34.1 Å². The Morgan fingerprint density at radius 2 is 1.85 bits per heavy atom. The third kappa shape index (κ3) is 6.23. The number of anilines is 1. The van der Waals surface area contributed by atoms with Gasteiger partial charge in [0.15, 0.2) is 5.82 Å². The van der Waals surface area contributed by atoms with Crippen molar-refractivity contribution in [3.05, 3.63) is 53.0 Å². The Labute approximate surface area is 163 Å². The van der Waals surface area contributed by atoms with E-state index in [1.165, 1.54) is 13.1 Å². The normalized spacial score (nSPS) is 9.50. The molecule has 2 aromatic rings. The summed E-state index contributed by atoms with van der Waals surface area (Å²) in [6, 6.07) is 5.41. The zero-order chi connectivity index (χ0) is 17.5. The monoisotopic (exact) mass is 400 g/mol. The zero-order valence-corrected chi connectivity index (χ0v) is 15.8. The molecule has 26 heavy (non-hydrogen) atoms. The van der Waals surface area contributed by atoms with E-state index >= 15 is 0 Å². The molecule has 142 valence electrons. The third-order valence-corrected chi connectivity index (χ3v) is 3.51. The van der Waals surface area contributed by atoms with E-state index < -0.39 is 0 Å². The fourth-order valence-corrected chi connectivity index (χ4v) is 2.39. The highest BCUT2D eigenvalue weighted by Crippen LogP contribution is 2.17. The number of amides is 2. The molecular weight excluding hydrogens is 379 g/mol. The molecule has 0 aliphatic rings. The van der Waals surface area contributed by atoms with Crippen molar-refractivity contribution in [2.24, 2.45) is 11.6 Å². The maximum Gasteiger partial charge on any atom is 0.265 e. The highest BCUT2D eigenvalue weighted by atomic mass is 35.5. The Morgan fingerprint density at radius 1 is 1.12 bits per heavy atom. The lowest BCUT2D eigenvalue weighted by molar-refractivity contribution is -0.114. The average molecular weight is 401 g/mol. The van der Waals surface area contributed by atoms with E-state index in [-0.39, 0.29) is 43.2 Å². The van der Waals surface area contributed by atoms with Crippen LogP contribution >= 0.6 is 24.8 Å². The summed E-state index contributed by atoms with van der Waals surface area (Å²) >= 11 is 0. The van der Waals surface area contributed by atoms with Gasteiger partial charge in [-0.2, -0.15) is 0 Å². The highest BCUT2D eigenvalue weighted by Gasteiger charge is 2.13. The van der Waals surface area contributed by atoms with E-state index in [2.05, 4.69) is 20.7 Å². The number of aromatic nitrogens is 2. The molecule has 0 spiro atoms. The van der Waals surface area contributed by atoms with Crippen molar-refractivity contribution < 1.29 is 9.59 Å². The number of hydrogen-bond donors (Lipinski definition) is 4. The molecule has 6 N–H and O–H groups in total. The van der Waals surface area contributed by atoms with Gasteiger partial charge in [-0.15, -0.1) is 24.8 Å². The molecule has 1 aromatic heterocycles.